The number of aromatic nitrogens is 1. The molecular formula is C34H35ClN2O4. The molecule has 0 radical (unpaired) electrons. The molecule has 7 heteroatoms. The van der Waals surface area contributed by atoms with Crippen molar-refractivity contribution in [3.8, 4) is 28.0 Å². The number of anilines is 1. The number of nitrogens with zero attached hydrogens (tertiary/aromatic N) is 2. The molecule has 1 fully saturated rings. The number of pyridine rings is 1. The van der Waals surface area contributed by atoms with Gasteiger partial charge in [-0.1, -0.05) is 61.8 Å². The Balaban J connectivity index is 0.00000124. The van der Waals surface area contributed by atoms with Crippen LogP contribution in [0, 0.1) is 0 Å². The Morgan fingerprint density at radius 1 is 1.00 bits per heavy atom. The monoisotopic (exact) mass is 570 g/mol. The summed E-state index contributed by atoms with van der Waals surface area (Å²) in [6.07, 6.45) is 6.43. The largest absolute Gasteiger partial charge is 0.496 e. The number of carbonyl (C=O) groups excluding carboxylic acids is 1. The zero-order chi connectivity index (χ0) is 29.6. The molecule has 2 atom stereocenters. The summed E-state index contributed by atoms with van der Waals surface area (Å²) >= 11 is 6.88. The minimum absolute atomic E-state index is 0.109. The second-order valence-corrected chi connectivity index (χ2v) is 10.7. The van der Waals surface area contributed by atoms with Crippen molar-refractivity contribution in [2.45, 2.75) is 44.9 Å². The summed E-state index contributed by atoms with van der Waals surface area (Å²) in [4.78, 5) is 26.3. The molecule has 1 saturated carbocycles. The van der Waals surface area contributed by atoms with Gasteiger partial charge < -0.3 is 14.7 Å². The van der Waals surface area contributed by atoms with E-state index in [1.54, 1.807) is 24.4 Å². The lowest BCUT2D eigenvalue weighted by atomic mass is 9.87. The third-order valence-electron chi connectivity index (χ3n) is 8.01. The molecule has 6 nitrogen and oxygen atoms in total. The van der Waals surface area contributed by atoms with Gasteiger partial charge in [0.15, 0.2) is 0 Å². The zero-order valence-corrected chi connectivity index (χ0v) is 24.6. The first kappa shape index (κ1) is 29.8. The number of amides is 1. The van der Waals surface area contributed by atoms with E-state index in [-0.39, 0.29) is 11.9 Å². The van der Waals surface area contributed by atoms with Gasteiger partial charge in [-0.3, -0.25) is 14.6 Å². The number of rotatable bonds is 9. The second kappa shape index (κ2) is 13.0. The molecule has 1 amide bonds. The van der Waals surface area contributed by atoms with Gasteiger partial charge in [-0.2, -0.15) is 0 Å². The molecule has 0 bridgehead atoms. The minimum Gasteiger partial charge on any atom is -0.496 e. The molecule has 1 heterocycles. The molecule has 4 aromatic rings. The zero-order valence-electron chi connectivity index (χ0n) is 23.8. The maximum absolute atomic E-state index is 12.0. The molecule has 1 aliphatic carbocycles. The van der Waals surface area contributed by atoms with E-state index in [2.05, 4.69) is 67.4 Å². The molecule has 0 saturated heterocycles. The topological polar surface area (TPSA) is 79.7 Å². The van der Waals surface area contributed by atoms with Crippen LogP contribution in [0.2, 0.25) is 5.02 Å². The van der Waals surface area contributed by atoms with Crippen molar-refractivity contribution in [1.29, 1.82) is 0 Å². The number of halogens is 1. The normalized spacial score (nSPS) is 17.1. The van der Waals surface area contributed by atoms with Gasteiger partial charge in [0.25, 0.3) is 6.47 Å². The van der Waals surface area contributed by atoms with E-state index >= 15 is 0 Å². The van der Waals surface area contributed by atoms with E-state index in [4.69, 9.17) is 26.2 Å². The van der Waals surface area contributed by atoms with E-state index < -0.39 is 0 Å². The first-order valence-electron chi connectivity index (χ1n) is 13.7. The van der Waals surface area contributed by atoms with Crippen LogP contribution in [0.3, 0.4) is 0 Å². The Morgan fingerprint density at radius 3 is 2.22 bits per heavy atom. The van der Waals surface area contributed by atoms with Crippen LogP contribution in [0.1, 0.15) is 49.8 Å². The predicted molar refractivity (Wildman–Crippen MR) is 165 cm³/mol. The van der Waals surface area contributed by atoms with Gasteiger partial charge in [0, 0.05) is 35.6 Å². The number of methoxy groups -OCH3 is 1. The van der Waals surface area contributed by atoms with Gasteiger partial charge in [0.1, 0.15) is 5.75 Å². The third kappa shape index (κ3) is 6.13. The van der Waals surface area contributed by atoms with Crippen LogP contribution >= 0.6 is 11.6 Å². The van der Waals surface area contributed by atoms with Gasteiger partial charge >= 0.3 is 0 Å². The Morgan fingerprint density at radius 2 is 1.63 bits per heavy atom. The van der Waals surface area contributed by atoms with Crippen molar-refractivity contribution >= 4 is 30.2 Å². The summed E-state index contributed by atoms with van der Waals surface area (Å²) in [5, 5.41) is 7.53. The highest BCUT2D eigenvalue weighted by molar-refractivity contribution is 6.33. The van der Waals surface area contributed by atoms with E-state index in [1.165, 1.54) is 11.1 Å². The first-order chi connectivity index (χ1) is 19.8. The van der Waals surface area contributed by atoms with Gasteiger partial charge in [-0.15, -0.1) is 0 Å². The highest BCUT2D eigenvalue weighted by atomic mass is 35.5. The number of benzene rings is 3. The SMILES string of the molecule is CCc1cc(C2CC2(C)c2cc(-c3ccc(-c4ccncc4)cc3)c(Cl)cc2N(C=O)CC)ccc1OC.O=CO. The Labute approximate surface area is 246 Å². The van der Waals surface area contributed by atoms with Crippen molar-refractivity contribution < 1.29 is 19.4 Å². The predicted octanol–water partition coefficient (Wildman–Crippen LogP) is 7.77. The van der Waals surface area contributed by atoms with Crippen molar-refractivity contribution in [1.82, 2.24) is 4.98 Å². The maximum atomic E-state index is 12.0. The number of hydrogen-bond donors (Lipinski definition) is 1. The molecule has 2 unspecified atom stereocenters. The van der Waals surface area contributed by atoms with Crippen LogP contribution in [0.4, 0.5) is 5.69 Å². The number of hydrogen-bond acceptors (Lipinski definition) is 4. The van der Waals surface area contributed by atoms with Crippen LogP contribution in [0.25, 0.3) is 22.3 Å². The highest BCUT2D eigenvalue weighted by Crippen LogP contribution is 2.63. The molecule has 1 N–H and O–H groups in total. The quantitative estimate of drug-likeness (QED) is 0.208. The smallest absolute Gasteiger partial charge is 0.290 e. The lowest BCUT2D eigenvalue weighted by molar-refractivity contribution is -0.122. The van der Waals surface area contributed by atoms with Gasteiger partial charge in [0.2, 0.25) is 6.41 Å². The summed E-state index contributed by atoms with van der Waals surface area (Å²) < 4.78 is 5.56. The van der Waals surface area contributed by atoms with Crippen LogP contribution in [0.15, 0.2) is 79.1 Å². The summed E-state index contributed by atoms with van der Waals surface area (Å²) in [6, 6.07) is 23.2. The maximum Gasteiger partial charge on any atom is 0.290 e. The summed E-state index contributed by atoms with van der Waals surface area (Å²) in [6.45, 7) is 6.77. The molecule has 5 rings (SSSR count). The van der Waals surface area contributed by atoms with E-state index in [0.717, 1.165) is 58.5 Å². The summed E-state index contributed by atoms with van der Waals surface area (Å²) in [7, 11) is 1.72. The number of aryl methyl sites for hydroxylation is 1. The van der Waals surface area contributed by atoms with E-state index in [0.29, 0.717) is 17.5 Å². The van der Waals surface area contributed by atoms with Crippen molar-refractivity contribution in [2.75, 3.05) is 18.6 Å². The van der Waals surface area contributed by atoms with Crippen molar-refractivity contribution in [2.24, 2.45) is 0 Å². The van der Waals surface area contributed by atoms with Gasteiger partial charge in [-0.25, -0.2) is 0 Å². The fraction of sp³-hybridized carbons (Fsp3) is 0.265. The van der Waals surface area contributed by atoms with E-state index in [9.17, 15) is 4.79 Å². The lowest BCUT2D eigenvalue weighted by Gasteiger charge is -2.25. The number of ether oxygens (including phenoxy) is 1. The minimum atomic E-state index is -0.250. The van der Waals surface area contributed by atoms with Crippen LogP contribution < -0.4 is 9.64 Å². The standard InChI is InChI=1S/C33H33ClN2O2.CH2O2/c1-5-22-17-26(11-12-32(22)38-4)29-20-33(29,3)28-18-27(30(34)19-31(28)36(6-2)21-37)25-9-7-23(8-10-25)24-13-15-35-16-14-24;2-1-3/h7-19,21,29H,5-6,20H2,1-4H3;1H,(H,2,3). The van der Waals surface area contributed by atoms with E-state index in [1.807, 2.05) is 25.1 Å². The molecule has 0 spiro atoms. The molecule has 3 aromatic carbocycles. The average Bonchev–Trinajstić information content (AvgIpc) is 3.70. The fourth-order valence-electron chi connectivity index (χ4n) is 5.61. The third-order valence-corrected chi connectivity index (χ3v) is 8.33. The van der Waals surface area contributed by atoms with Crippen LogP contribution in [0.5, 0.6) is 5.75 Å². The number of carbonyl (C=O) groups is 2. The molecule has 1 aliphatic rings. The van der Waals surface area contributed by atoms with Gasteiger partial charge in [-0.05, 0) is 89.4 Å². The molecule has 1 aromatic heterocycles. The molecule has 0 aliphatic heterocycles. The van der Waals surface area contributed by atoms with Crippen LogP contribution in [-0.4, -0.2) is 36.6 Å². The molecule has 41 heavy (non-hydrogen) atoms. The second-order valence-electron chi connectivity index (χ2n) is 10.3. The Kier molecular flexibility index (Phi) is 9.46. The first-order valence-corrected chi connectivity index (χ1v) is 14.0. The molecule has 212 valence electrons. The lowest BCUT2D eigenvalue weighted by Crippen LogP contribution is -2.23. The van der Waals surface area contributed by atoms with Crippen molar-refractivity contribution in [3.63, 3.8) is 0 Å². The fourth-order valence-corrected chi connectivity index (χ4v) is 5.87. The van der Waals surface area contributed by atoms with Crippen molar-refractivity contribution in [3.05, 3.63) is 101 Å². The Bertz CT molecular complexity index is 1510. The van der Waals surface area contributed by atoms with Gasteiger partial charge in [0.05, 0.1) is 12.1 Å². The molecular weight excluding hydrogens is 536 g/mol. The number of carboxylic acid groups (broad SMARTS) is 1. The van der Waals surface area contributed by atoms with Crippen LogP contribution in [-0.2, 0) is 21.4 Å². The summed E-state index contributed by atoms with van der Waals surface area (Å²) in [5.74, 6) is 1.28. The Hall–Kier alpha value is -4.16. The highest BCUT2D eigenvalue weighted by Gasteiger charge is 2.53. The average molecular weight is 571 g/mol. The summed E-state index contributed by atoms with van der Waals surface area (Å²) in [5.41, 5.74) is 8.73.